The van der Waals surface area contributed by atoms with Gasteiger partial charge in [-0.25, -0.2) is 0 Å². The van der Waals surface area contributed by atoms with Crippen molar-refractivity contribution >= 4 is 17.9 Å². The van der Waals surface area contributed by atoms with Crippen molar-refractivity contribution in [2.24, 2.45) is 0 Å². The topological polar surface area (TPSA) is 135 Å². The fraction of sp³-hybridized carbons (Fsp3) is 0.579. The number of aliphatic carboxylic acids is 3. The monoisotopic (exact) mass is 408 g/mol. The van der Waals surface area contributed by atoms with Crippen LogP contribution < -0.4 is 0 Å². The van der Waals surface area contributed by atoms with Gasteiger partial charge in [0.15, 0.2) is 0 Å². The van der Waals surface area contributed by atoms with Gasteiger partial charge < -0.3 is 15.3 Å². The lowest BCUT2D eigenvalue weighted by Gasteiger charge is -2.30. The maximum atomic E-state index is 11.2. The van der Waals surface area contributed by atoms with Gasteiger partial charge >= 0.3 is 17.9 Å². The van der Waals surface area contributed by atoms with Crippen LogP contribution >= 0.6 is 0 Å². The highest BCUT2D eigenvalue weighted by atomic mass is 16.4. The number of carbonyl (C=O) groups is 3. The maximum Gasteiger partial charge on any atom is 0.317 e. The van der Waals surface area contributed by atoms with Crippen LogP contribution in [0, 0.1) is 0 Å². The molecular formula is C19H28N4O6. The molecule has 1 aromatic heterocycles. The number of rotatable bonds is 8. The van der Waals surface area contributed by atoms with Crippen LogP contribution in [0.1, 0.15) is 24.2 Å². The van der Waals surface area contributed by atoms with Crippen molar-refractivity contribution in [2.75, 3.05) is 45.8 Å². The van der Waals surface area contributed by atoms with E-state index in [0.717, 1.165) is 11.4 Å². The van der Waals surface area contributed by atoms with Crippen LogP contribution in [0.15, 0.2) is 18.2 Å². The van der Waals surface area contributed by atoms with Crippen LogP contribution in [-0.2, 0) is 27.5 Å². The van der Waals surface area contributed by atoms with Crippen molar-refractivity contribution in [1.29, 1.82) is 0 Å². The van der Waals surface area contributed by atoms with Gasteiger partial charge in [-0.15, -0.1) is 0 Å². The summed E-state index contributed by atoms with van der Waals surface area (Å²) in [5, 5.41) is 27.2. The number of hydrogen-bond acceptors (Lipinski definition) is 7. The molecule has 2 rings (SSSR count). The first-order chi connectivity index (χ1) is 13.8. The summed E-state index contributed by atoms with van der Waals surface area (Å²) in [5.41, 5.74) is 1.60. The fourth-order valence-electron chi connectivity index (χ4n) is 3.24. The third kappa shape index (κ3) is 8.99. The third-order valence-electron chi connectivity index (χ3n) is 4.74. The summed E-state index contributed by atoms with van der Waals surface area (Å²) in [5.74, 6) is -2.69. The van der Waals surface area contributed by atoms with Gasteiger partial charge in [0, 0.05) is 52.4 Å². The first-order valence-corrected chi connectivity index (χ1v) is 9.59. The summed E-state index contributed by atoms with van der Waals surface area (Å²) in [6.07, 6.45) is 0.00315. The Morgan fingerprint density at radius 3 is 1.62 bits per heavy atom. The number of fused-ring (bicyclic) bond motifs is 2. The van der Waals surface area contributed by atoms with E-state index in [0.29, 0.717) is 52.4 Å². The number of carboxylic acids is 3. The quantitative estimate of drug-likeness (QED) is 0.541. The van der Waals surface area contributed by atoms with E-state index in [1.54, 1.807) is 4.90 Å². The first-order valence-electron chi connectivity index (χ1n) is 9.59. The molecule has 0 saturated heterocycles. The van der Waals surface area contributed by atoms with Gasteiger partial charge in [0.1, 0.15) is 0 Å². The van der Waals surface area contributed by atoms with Gasteiger partial charge in [0.05, 0.1) is 30.8 Å². The van der Waals surface area contributed by atoms with Gasteiger partial charge in [-0.1, -0.05) is 6.07 Å². The van der Waals surface area contributed by atoms with E-state index in [2.05, 4.69) is 4.98 Å². The smallest absolute Gasteiger partial charge is 0.317 e. The molecule has 29 heavy (non-hydrogen) atoms. The normalized spacial score (nSPS) is 17.2. The highest BCUT2D eigenvalue weighted by Crippen LogP contribution is 2.10. The van der Waals surface area contributed by atoms with E-state index in [1.807, 2.05) is 28.0 Å². The molecular weight excluding hydrogens is 380 g/mol. The second-order valence-electron chi connectivity index (χ2n) is 7.13. The Morgan fingerprint density at radius 1 is 0.759 bits per heavy atom. The van der Waals surface area contributed by atoms with Gasteiger partial charge in [-0.05, 0) is 12.1 Å². The largest absolute Gasteiger partial charge is 0.481 e. The van der Waals surface area contributed by atoms with E-state index in [9.17, 15) is 19.5 Å². The number of nitrogens with zero attached hydrogens (tertiary/aromatic N) is 4. The van der Waals surface area contributed by atoms with E-state index in [4.69, 9.17) is 10.2 Å². The van der Waals surface area contributed by atoms with Gasteiger partial charge in [0.2, 0.25) is 0 Å². The highest BCUT2D eigenvalue weighted by molar-refractivity contribution is 5.69. The molecule has 0 saturated carbocycles. The molecule has 1 aliphatic rings. The second-order valence-corrected chi connectivity index (χ2v) is 7.13. The molecule has 0 fully saturated rings. The molecule has 2 bridgehead atoms. The minimum atomic E-state index is -0.932. The van der Waals surface area contributed by atoms with Gasteiger partial charge in [-0.2, -0.15) is 0 Å². The Bertz CT molecular complexity index is 666. The van der Waals surface area contributed by atoms with Crippen LogP contribution in [0.2, 0.25) is 0 Å². The lowest BCUT2D eigenvalue weighted by atomic mass is 10.2. The number of hydrogen-bond donors (Lipinski definition) is 3. The average molecular weight is 408 g/mol. The molecule has 0 aromatic carbocycles. The molecule has 0 spiro atoms. The third-order valence-corrected chi connectivity index (χ3v) is 4.74. The second kappa shape index (κ2) is 11.4. The summed E-state index contributed by atoms with van der Waals surface area (Å²) in [7, 11) is 0. The van der Waals surface area contributed by atoms with Crippen molar-refractivity contribution in [3.05, 3.63) is 29.6 Å². The average Bonchev–Trinajstić information content (AvgIpc) is 2.64. The van der Waals surface area contributed by atoms with Crippen LogP contribution in [0.4, 0.5) is 0 Å². The SMILES string of the molecule is O=C(O)CCN1CCN(CC(=O)O)CCN(CCC(=O)O)Cc2cccc(n2)C1. The van der Waals surface area contributed by atoms with E-state index >= 15 is 0 Å². The number of pyridine rings is 1. The lowest BCUT2D eigenvalue weighted by molar-refractivity contribution is -0.138. The van der Waals surface area contributed by atoms with E-state index in [1.165, 1.54) is 0 Å². The molecule has 2 heterocycles. The Morgan fingerprint density at radius 2 is 1.21 bits per heavy atom. The summed E-state index contributed by atoms with van der Waals surface area (Å²) >= 11 is 0. The highest BCUT2D eigenvalue weighted by Gasteiger charge is 2.18. The number of carboxylic acid groups (broad SMARTS) is 3. The molecule has 1 aliphatic heterocycles. The zero-order chi connectivity index (χ0) is 21.2. The predicted octanol–water partition coefficient (Wildman–Crippen LogP) is 0.0352. The molecule has 0 radical (unpaired) electrons. The zero-order valence-electron chi connectivity index (χ0n) is 16.4. The minimum Gasteiger partial charge on any atom is -0.481 e. The molecule has 10 heteroatoms. The first kappa shape index (κ1) is 22.7. The lowest BCUT2D eigenvalue weighted by Crippen LogP contribution is -2.43. The Kier molecular flexibility index (Phi) is 8.97. The summed E-state index contributed by atoms with van der Waals surface area (Å²) in [4.78, 5) is 43.6. The van der Waals surface area contributed by atoms with Crippen molar-refractivity contribution in [3.8, 4) is 0 Å². The molecule has 3 N–H and O–H groups in total. The van der Waals surface area contributed by atoms with E-state index in [-0.39, 0.29) is 19.4 Å². The van der Waals surface area contributed by atoms with Crippen LogP contribution in [0.5, 0.6) is 0 Å². The number of aromatic nitrogens is 1. The van der Waals surface area contributed by atoms with E-state index < -0.39 is 17.9 Å². The Balaban J connectivity index is 2.19. The minimum absolute atomic E-state index is 0.00157. The van der Waals surface area contributed by atoms with Gasteiger partial charge in [0.25, 0.3) is 0 Å². The van der Waals surface area contributed by atoms with Crippen molar-refractivity contribution < 1.29 is 29.7 Å². The Labute approximate surface area is 169 Å². The molecule has 0 aliphatic carbocycles. The zero-order valence-corrected chi connectivity index (χ0v) is 16.4. The predicted molar refractivity (Wildman–Crippen MR) is 103 cm³/mol. The Hall–Kier alpha value is -2.56. The summed E-state index contributed by atoms with van der Waals surface area (Å²) in [6, 6.07) is 5.64. The summed E-state index contributed by atoms with van der Waals surface area (Å²) < 4.78 is 0. The molecule has 0 unspecified atom stereocenters. The molecule has 0 atom stereocenters. The van der Waals surface area contributed by atoms with Crippen LogP contribution in [0.3, 0.4) is 0 Å². The van der Waals surface area contributed by atoms with Gasteiger partial charge in [-0.3, -0.25) is 34.1 Å². The summed E-state index contributed by atoms with van der Waals surface area (Å²) in [6.45, 7) is 3.50. The van der Waals surface area contributed by atoms with Crippen molar-refractivity contribution in [3.63, 3.8) is 0 Å². The maximum absolute atomic E-state index is 11.2. The van der Waals surface area contributed by atoms with Crippen LogP contribution in [0.25, 0.3) is 0 Å². The molecule has 160 valence electrons. The van der Waals surface area contributed by atoms with Crippen molar-refractivity contribution in [1.82, 2.24) is 19.7 Å². The molecule has 10 nitrogen and oxygen atoms in total. The molecule has 0 amide bonds. The fourth-order valence-corrected chi connectivity index (χ4v) is 3.24. The standard InChI is InChI=1S/C19H28N4O6/c24-17(25)4-6-21-8-10-23(14-19(28)29)11-9-22(7-5-18(26)27)13-16-3-1-2-15(12-21)20-16/h1-3H,4-14H2,(H,24,25)(H,26,27)(H,28,29). The van der Waals surface area contributed by atoms with Crippen molar-refractivity contribution in [2.45, 2.75) is 25.9 Å². The molecule has 1 aromatic rings. The van der Waals surface area contributed by atoms with Crippen LogP contribution in [-0.4, -0.2) is 98.7 Å².